The number of aromatic amines is 1. The zero-order chi connectivity index (χ0) is 14.8. The van der Waals surface area contributed by atoms with Crippen LogP contribution >= 0.6 is 0 Å². The number of hydrogen-bond acceptors (Lipinski definition) is 3. The first-order valence-corrected chi connectivity index (χ1v) is 6.93. The maximum atomic E-state index is 12.0. The van der Waals surface area contributed by atoms with Gasteiger partial charge < -0.3 is 5.11 Å². The fraction of sp³-hybridized carbons (Fsp3) is 0.250. The largest absolute Gasteiger partial charge is 0.394 e. The van der Waals surface area contributed by atoms with Crippen LogP contribution in [0.25, 0.3) is 11.6 Å². The van der Waals surface area contributed by atoms with Gasteiger partial charge in [-0.1, -0.05) is 30.3 Å². The molecule has 3 rings (SSSR count). The van der Waals surface area contributed by atoms with Gasteiger partial charge in [0, 0.05) is 5.56 Å². The maximum Gasteiger partial charge on any atom is 0.310 e. The van der Waals surface area contributed by atoms with E-state index in [0.29, 0.717) is 12.0 Å². The molecule has 2 aromatic rings. The maximum absolute atomic E-state index is 12.0. The highest BCUT2D eigenvalue weighted by molar-refractivity contribution is 5.83. The van der Waals surface area contributed by atoms with E-state index in [0.717, 1.165) is 23.3 Å². The molecule has 0 saturated carbocycles. The number of rotatable bonds is 3. The van der Waals surface area contributed by atoms with Gasteiger partial charge in [-0.05, 0) is 30.1 Å². The van der Waals surface area contributed by atoms with Crippen LogP contribution in [-0.4, -0.2) is 21.5 Å². The molecule has 2 N–H and O–H groups in total. The second-order valence-electron chi connectivity index (χ2n) is 5.05. The first-order valence-electron chi connectivity index (χ1n) is 6.93. The van der Waals surface area contributed by atoms with Crippen LogP contribution in [0.3, 0.4) is 0 Å². The van der Waals surface area contributed by atoms with Crippen molar-refractivity contribution in [2.45, 2.75) is 19.4 Å². The number of aliphatic hydroxyl groups excluding tert-OH is 1. The van der Waals surface area contributed by atoms with Crippen molar-refractivity contribution in [1.82, 2.24) is 9.78 Å². The normalized spacial score (nSPS) is 15.4. The highest BCUT2D eigenvalue weighted by Crippen LogP contribution is 2.30. The SMILES string of the molecule is O=c1[nH]n(CCO)c2c(c1=O)CC/C2=C\c1ccccc1. The molecular weight excluding hydrogens is 268 g/mol. The average Bonchev–Trinajstić information content (AvgIpc) is 2.90. The summed E-state index contributed by atoms with van der Waals surface area (Å²) in [5, 5.41) is 11.7. The first-order chi connectivity index (χ1) is 10.2. The number of aromatic nitrogens is 2. The van der Waals surface area contributed by atoms with Gasteiger partial charge in [0.25, 0.3) is 0 Å². The third-order valence-corrected chi connectivity index (χ3v) is 3.69. The molecule has 5 heteroatoms. The highest BCUT2D eigenvalue weighted by Gasteiger charge is 2.24. The smallest absolute Gasteiger partial charge is 0.310 e. The number of hydrogen-bond donors (Lipinski definition) is 2. The lowest BCUT2D eigenvalue weighted by Crippen LogP contribution is -2.35. The Labute approximate surface area is 121 Å². The van der Waals surface area contributed by atoms with E-state index >= 15 is 0 Å². The second kappa shape index (κ2) is 5.54. The summed E-state index contributed by atoms with van der Waals surface area (Å²) in [6, 6.07) is 9.84. The molecule has 1 aliphatic carbocycles. The Bertz CT molecular complexity index is 801. The predicted octanol–water partition coefficient (Wildman–Crippen LogP) is 1.02. The molecule has 0 spiro atoms. The van der Waals surface area contributed by atoms with Crippen molar-refractivity contribution < 1.29 is 5.11 Å². The monoisotopic (exact) mass is 284 g/mol. The molecule has 0 saturated heterocycles. The van der Waals surface area contributed by atoms with Crippen molar-refractivity contribution in [3.05, 3.63) is 67.7 Å². The summed E-state index contributed by atoms with van der Waals surface area (Å²) in [5.74, 6) is 0. The lowest BCUT2D eigenvalue weighted by molar-refractivity contribution is 0.267. The van der Waals surface area contributed by atoms with Crippen LogP contribution in [0.1, 0.15) is 23.2 Å². The molecular formula is C16H16N2O3. The van der Waals surface area contributed by atoms with E-state index in [-0.39, 0.29) is 13.2 Å². The molecule has 0 bridgehead atoms. The van der Waals surface area contributed by atoms with Gasteiger partial charge in [0.15, 0.2) is 0 Å². The number of H-pyrrole nitrogens is 1. The third kappa shape index (κ3) is 2.48. The number of nitrogens with zero attached hydrogens (tertiary/aromatic N) is 1. The molecule has 0 atom stereocenters. The van der Waals surface area contributed by atoms with E-state index in [1.165, 1.54) is 0 Å². The van der Waals surface area contributed by atoms with Gasteiger partial charge in [0.1, 0.15) is 0 Å². The number of allylic oxidation sites excluding steroid dienone is 1. The highest BCUT2D eigenvalue weighted by atomic mass is 16.3. The topological polar surface area (TPSA) is 75.1 Å². The van der Waals surface area contributed by atoms with E-state index in [9.17, 15) is 9.59 Å². The van der Waals surface area contributed by atoms with Gasteiger partial charge in [-0.25, -0.2) is 0 Å². The minimum absolute atomic E-state index is 0.0934. The molecule has 108 valence electrons. The minimum Gasteiger partial charge on any atom is -0.394 e. The zero-order valence-corrected chi connectivity index (χ0v) is 11.5. The first kappa shape index (κ1) is 13.6. The van der Waals surface area contributed by atoms with E-state index in [1.54, 1.807) is 4.68 Å². The van der Waals surface area contributed by atoms with E-state index < -0.39 is 11.0 Å². The van der Waals surface area contributed by atoms with Crippen molar-refractivity contribution in [3.63, 3.8) is 0 Å². The predicted molar refractivity (Wildman–Crippen MR) is 81.0 cm³/mol. The van der Waals surface area contributed by atoms with Crippen LogP contribution in [-0.2, 0) is 13.0 Å². The quantitative estimate of drug-likeness (QED) is 0.826. The van der Waals surface area contributed by atoms with Crippen LogP contribution in [0.2, 0.25) is 0 Å². The van der Waals surface area contributed by atoms with Crippen molar-refractivity contribution >= 4 is 11.6 Å². The molecule has 5 nitrogen and oxygen atoms in total. The summed E-state index contributed by atoms with van der Waals surface area (Å²) in [4.78, 5) is 23.6. The van der Waals surface area contributed by atoms with E-state index in [1.807, 2.05) is 36.4 Å². The molecule has 0 fully saturated rings. The lowest BCUT2D eigenvalue weighted by atomic mass is 10.1. The van der Waals surface area contributed by atoms with Crippen LogP contribution in [0.4, 0.5) is 0 Å². The zero-order valence-electron chi connectivity index (χ0n) is 11.5. The molecule has 1 heterocycles. The third-order valence-electron chi connectivity index (χ3n) is 3.69. The Morgan fingerprint density at radius 1 is 1.19 bits per heavy atom. The Kier molecular flexibility index (Phi) is 3.58. The van der Waals surface area contributed by atoms with Gasteiger partial charge in [-0.3, -0.25) is 19.4 Å². The molecule has 0 aliphatic heterocycles. The average molecular weight is 284 g/mol. The fourth-order valence-electron chi connectivity index (χ4n) is 2.77. The summed E-state index contributed by atoms with van der Waals surface area (Å²) in [7, 11) is 0. The van der Waals surface area contributed by atoms with Crippen LogP contribution < -0.4 is 11.0 Å². The molecule has 0 radical (unpaired) electrons. The second-order valence-corrected chi connectivity index (χ2v) is 5.05. The van der Waals surface area contributed by atoms with Crippen molar-refractivity contribution in [2.24, 2.45) is 0 Å². The molecule has 21 heavy (non-hydrogen) atoms. The van der Waals surface area contributed by atoms with Gasteiger partial charge in [-0.2, -0.15) is 0 Å². The van der Waals surface area contributed by atoms with Crippen LogP contribution in [0.5, 0.6) is 0 Å². The fourth-order valence-corrected chi connectivity index (χ4v) is 2.77. The number of benzene rings is 1. The van der Waals surface area contributed by atoms with Crippen molar-refractivity contribution in [3.8, 4) is 0 Å². The summed E-state index contributed by atoms with van der Waals surface area (Å²) in [6.07, 6.45) is 3.32. The molecule has 0 amide bonds. The van der Waals surface area contributed by atoms with E-state index in [4.69, 9.17) is 5.11 Å². The summed E-state index contributed by atoms with van der Waals surface area (Å²) in [6.45, 7) is 0.174. The Morgan fingerprint density at radius 2 is 1.95 bits per heavy atom. The Balaban J connectivity index is 2.17. The standard InChI is InChI=1S/C16H16N2O3/c19-9-8-18-14-12(10-11-4-2-1-3-5-11)6-7-13(14)15(20)16(21)17-18/h1-5,10,19H,6-9H2,(H,17,21)/b12-10+. The van der Waals surface area contributed by atoms with Gasteiger partial charge in [-0.15, -0.1) is 0 Å². The van der Waals surface area contributed by atoms with Crippen molar-refractivity contribution in [1.29, 1.82) is 0 Å². The van der Waals surface area contributed by atoms with Crippen molar-refractivity contribution in [2.75, 3.05) is 6.61 Å². The number of aliphatic hydroxyl groups is 1. The van der Waals surface area contributed by atoms with Gasteiger partial charge in [0.05, 0.1) is 18.8 Å². The summed E-state index contributed by atoms with van der Waals surface area (Å²) < 4.78 is 1.58. The van der Waals surface area contributed by atoms with Crippen LogP contribution in [0.15, 0.2) is 39.9 Å². The lowest BCUT2D eigenvalue weighted by Gasteiger charge is -2.12. The van der Waals surface area contributed by atoms with Gasteiger partial charge >= 0.3 is 5.56 Å². The number of nitrogens with one attached hydrogen (secondary N) is 1. The van der Waals surface area contributed by atoms with Gasteiger partial charge in [0.2, 0.25) is 5.43 Å². The Hall–Kier alpha value is -2.40. The minimum atomic E-state index is -0.622. The van der Waals surface area contributed by atoms with Crippen LogP contribution in [0, 0.1) is 0 Å². The molecule has 0 unspecified atom stereocenters. The molecule has 1 aliphatic rings. The molecule has 1 aromatic carbocycles. The Morgan fingerprint density at radius 3 is 2.67 bits per heavy atom. The number of fused-ring (bicyclic) bond motifs is 1. The van der Waals surface area contributed by atoms with E-state index in [2.05, 4.69) is 5.10 Å². The molecule has 1 aromatic heterocycles. The summed E-state index contributed by atoms with van der Waals surface area (Å²) in [5.41, 5.74) is 2.28. The summed E-state index contributed by atoms with van der Waals surface area (Å²) >= 11 is 0.